The molecule has 0 fully saturated rings. The molecule has 2 N–H and O–H groups in total. The van der Waals surface area contributed by atoms with Crippen molar-refractivity contribution in [3.05, 3.63) is 56.7 Å². The van der Waals surface area contributed by atoms with E-state index >= 15 is 0 Å². The first-order chi connectivity index (χ1) is 8.65. The zero-order valence-corrected chi connectivity index (χ0v) is 12.2. The van der Waals surface area contributed by atoms with E-state index in [4.69, 9.17) is 5.73 Å². The Hall–Kier alpha value is -0.970. The zero-order chi connectivity index (χ0) is 13.0. The summed E-state index contributed by atoms with van der Waals surface area (Å²) in [5.74, 6) is 0.181. The van der Waals surface area contributed by atoms with Crippen LogP contribution >= 0.6 is 27.3 Å². The van der Waals surface area contributed by atoms with E-state index in [-0.39, 0.29) is 11.8 Å². The first-order valence-electron chi connectivity index (χ1n) is 5.70. The fourth-order valence-electron chi connectivity index (χ4n) is 1.78. The summed E-state index contributed by atoms with van der Waals surface area (Å²) in [7, 11) is 0. The SMILES string of the molecule is NC(CC(=O)Cc1cc(Br)cs1)c1ccccc1. The number of hydrogen-bond donors (Lipinski definition) is 1. The van der Waals surface area contributed by atoms with Gasteiger partial charge in [0.25, 0.3) is 0 Å². The Kier molecular flexibility index (Phi) is 4.69. The van der Waals surface area contributed by atoms with Crippen molar-refractivity contribution in [3.8, 4) is 0 Å². The largest absolute Gasteiger partial charge is 0.324 e. The predicted molar refractivity (Wildman–Crippen MR) is 78.7 cm³/mol. The van der Waals surface area contributed by atoms with E-state index in [0.717, 1.165) is 14.9 Å². The van der Waals surface area contributed by atoms with Crippen molar-refractivity contribution in [2.45, 2.75) is 18.9 Å². The minimum atomic E-state index is -0.206. The van der Waals surface area contributed by atoms with Crippen LogP contribution in [-0.2, 0) is 11.2 Å². The Morgan fingerprint density at radius 1 is 1.33 bits per heavy atom. The Bertz CT molecular complexity index is 524. The maximum absolute atomic E-state index is 11.9. The summed E-state index contributed by atoms with van der Waals surface area (Å²) in [4.78, 5) is 13.0. The third-order valence-corrected chi connectivity index (χ3v) is 4.37. The number of thiophene rings is 1. The summed E-state index contributed by atoms with van der Waals surface area (Å²) in [6.07, 6.45) is 0.857. The molecule has 1 aromatic carbocycles. The summed E-state index contributed by atoms with van der Waals surface area (Å²) in [5, 5.41) is 1.99. The van der Waals surface area contributed by atoms with Crippen molar-refractivity contribution in [1.82, 2.24) is 0 Å². The van der Waals surface area contributed by atoms with Gasteiger partial charge in [0.15, 0.2) is 0 Å². The summed E-state index contributed by atoms with van der Waals surface area (Å²) < 4.78 is 1.03. The minimum Gasteiger partial charge on any atom is -0.324 e. The number of ketones is 1. The van der Waals surface area contributed by atoms with Gasteiger partial charge in [0, 0.05) is 33.6 Å². The summed E-state index contributed by atoms with van der Waals surface area (Å²) in [5.41, 5.74) is 7.04. The second-order valence-corrected chi connectivity index (χ2v) is 6.08. The molecule has 2 rings (SSSR count). The molecular formula is C14H14BrNOS. The van der Waals surface area contributed by atoms with E-state index in [9.17, 15) is 4.79 Å². The number of benzene rings is 1. The number of rotatable bonds is 5. The molecule has 0 aliphatic heterocycles. The van der Waals surface area contributed by atoms with Gasteiger partial charge in [0.1, 0.15) is 5.78 Å². The molecule has 1 atom stereocenters. The maximum Gasteiger partial charge on any atom is 0.139 e. The fraction of sp³-hybridized carbons (Fsp3) is 0.214. The van der Waals surface area contributed by atoms with E-state index in [2.05, 4.69) is 15.9 Å². The Morgan fingerprint density at radius 3 is 2.67 bits per heavy atom. The third kappa shape index (κ3) is 3.77. The number of nitrogens with two attached hydrogens (primary N) is 1. The second-order valence-electron chi connectivity index (χ2n) is 4.17. The minimum absolute atomic E-state index is 0.181. The second kappa shape index (κ2) is 6.27. The van der Waals surface area contributed by atoms with Crippen molar-refractivity contribution < 1.29 is 4.79 Å². The van der Waals surface area contributed by atoms with Crippen LogP contribution in [0.25, 0.3) is 0 Å². The van der Waals surface area contributed by atoms with Crippen molar-refractivity contribution in [2.24, 2.45) is 5.73 Å². The van der Waals surface area contributed by atoms with Crippen LogP contribution in [0.15, 0.2) is 46.3 Å². The Balaban J connectivity index is 1.92. The lowest BCUT2D eigenvalue weighted by molar-refractivity contribution is -0.118. The fourth-order valence-corrected chi connectivity index (χ4v) is 3.26. The lowest BCUT2D eigenvalue weighted by atomic mass is 10.0. The molecule has 0 saturated heterocycles. The molecule has 0 radical (unpaired) electrons. The van der Waals surface area contributed by atoms with Gasteiger partial charge in [-0.15, -0.1) is 11.3 Å². The Labute approximate surface area is 119 Å². The highest BCUT2D eigenvalue weighted by molar-refractivity contribution is 9.10. The molecule has 0 amide bonds. The average Bonchev–Trinajstić information content (AvgIpc) is 2.75. The lowest BCUT2D eigenvalue weighted by Gasteiger charge is -2.10. The molecule has 94 valence electrons. The third-order valence-electron chi connectivity index (χ3n) is 2.67. The molecule has 2 nitrogen and oxygen atoms in total. The van der Waals surface area contributed by atoms with Crippen LogP contribution in [0.1, 0.15) is 22.9 Å². The molecule has 1 aromatic heterocycles. The number of carbonyl (C=O) groups excluding carboxylic acids is 1. The van der Waals surface area contributed by atoms with Crippen molar-refractivity contribution in [3.63, 3.8) is 0 Å². The van der Waals surface area contributed by atoms with Gasteiger partial charge in [0.05, 0.1) is 0 Å². The molecular weight excluding hydrogens is 310 g/mol. The molecule has 1 unspecified atom stereocenters. The van der Waals surface area contributed by atoms with Crippen molar-refractivity contribution in [1.29, 1.82) is 0 Å². The topological polar surface area (TPSA) is 43.1 Å². The average molecular weight is 324 g/mol. The van der Waals surface area contributed by atoms with E-state index < -0.39 is 0 Å². The number of Topliss-reactive ketones (excluding diaryl/α,β-unsaturated/α-hetero) is 1. The van der Waals surface area contributed by atoms with E-state index in [1.165, 1.54) is 0 Å². The monoisotopic (exact) mass is 323 g/mol. The highest BCUT2D eigenvalue weighted by atomic mass is 79.9. The molecule has 1 heterocycles. The highest BCUT2D eigenvalue weighted by Crippen LogP contribution is 2.22. The molecule has 0 spiro atoms. The molecule has 0 bridgehead atoms. The standard InChI is InChI=1S/C14H14BrNOS/c15-11-6-13(18-9-11)7-12(17)8-14(16)10-4-2-1-3-5-10/h1-6,9,14H,7-8,16H2. The summed E-state index contributed by atoms with van der Waals surface area (Å²) >= 11 is 4.98. The highest BCUT2D eigenvalue weighted by Gasteiger charge is 2.12. The number of carbonyl (C=O) groups is 1. The van der Waals surface area contributed by atoms with Gasteiger partial charge >= 0.3 is 0 Å². The predicted octanol–water partition coefficient (Wildman–Crippen LogP) is 3.71. The van der Waals surface area contributed by atoms with Crippen LogP contribution in [0, 0.1) is 0 Å². The van der Waals surface area contributed by atoms with Crippen LogP contribution in [-0.4, -0.2) is 5.78 Å². The number of halogens is 1. The van der Waals surface area contributed by atoms with Crippen LogP contribution in [0.2, 0.25) is 0 Å². The molecule has 4 heteroatoms. The lowest BCUT2D eigenvalue weighted by Crippen LogP contribution is -2.16. The van der Waals surface area contributed by atoms with Crippen molar-refractivity contribution >= 4 is 33.0 Å². The van der Waals surface area contributed by atoms with Gasteiger partial charge in [-0.1, -0.05) is 30.3 Å². The van der Waals surface area contributed by atoms with Gasteiger partial charge in [-0.2, -0.15) is 0 Å². The van der Waals surface area contributed by atoms with Gasteiger partial charge in [-0.3, -0.25) is 4.79 Å². The maximum atomic E-state index is 11.9. The van der Waals surface area contributed by atoms with Gasteiger partial charge in [-0.25, -0.2) is 0 Å². The summed E-state index contributed by atoms with van der Waals surface area (Å²) in [6, 6.07) is 11.5. The first kappa shape index (κ1) is 13.5. The Morgan fingerprint density at radius 2 is 2.06 bits per heavy atom. The van der Waals surface area contributed by atoms with Crippen LogP contribution in [0.3, 0.4) is 0 Å². The zero-order valence-electron chi connectivity index (χ0n) is 9.80. The number of hydrogen-bond acceptors (Lipinski definition) is 3. The molecule has 0 aliphatic rings. The molecule has 0 aliphatic carbocycles. The summed E-state index contributed by atoms with van der Waals surface area (Å²) in [6.45, 7) is 0. The normalized spacial score (nSPS) is 12.3. The van der Waals surface area contributed by atoms with Crippen LogP contribution in [0.5, 0.6) is 0 Å². The molecule has 0 saturated carbocycles. The van der Waals surface area contributed by atoms with Gasteiger partial charge < -0.3 is 5.73 Å². The smallest absolute Gasteiger partial charge is 0.139 e. The molecule has 18 heavy (non-hydrogen) atoms. The van der Waals surface area contributed by atoms with E-state index in [0.29, 0.717) is 12.8 Å². The van der Waals surface area contributed by atoms with E-state index in [1.54, 1.807) is 11.3 Å². The van der Waals surface area contributed by atoms with Gasteiger partial charge in [-0.05, 0) is 27.6 Å². The van der Waals surface area contributed by atoms with Crippen molar-refractivity contribution in [2.75, 3.05) is 0 Å². The van der Waals surface area contributed by atoms with Crippen LogP contribution in [0.4, 0.5) is 0 Å². The quantitative estimate of drug-likeness (QED) is 0.911. The van der Waals surface area contributed by atoms with Gasteiger partial charge in [0.2, 0.25) is 0 Å². The van der Waals surface area contributed by atoms with Crippen LogP contribution < -0.4 is 5.73 Å². The molecule has 2 aromatic rings. The van der Waals surface area contributed by atoms with E-state index in [1.807, 2.05) is 41.8 Å². The first-order valence-corrected chi connectivity index (χ1v) is 7.37.